The van der Waals surface area contributed by atoms with Crippen LogP contribution in [0.15, 0.2) is 6.07 Å². The van der Waals surface area contributed by atoms with E-state index >= 15 is 0 Å². The van der Waals surface area contributed by atoms with Crippen LogP contribution in [0, 0.1) is 10.7 Å². The highest BCUT2D eigenvalue weighted by Crippen LogP contribution is 2.32. The van der Waals surface area contributed by atoms with E-state index in [1.807, 2.05) is 13.8 Å². The number of carbonyl (C=O) groups excluding carboxylic acids is 1. The molecule has 0 aliphatic carbocycles. The third-order valence-electron chi connectivity index (χ3n) is 2.37. The predicted molar refractivity (Wildman–Crippen MR) is 93.5 cm³/mol. The topological polar surface area (TPSA) is 49.3 Å². The molecule has 1 rings (SSSR count). The molecule has 1 amide bonds. The van der Waals surface area contributed by atoms with Gasteiger partial charge in [0.1, 0.15) is 5.75 Å². The van der Waals surface area contributed by atoms with Crippen LogP contribution in [0.5, 0.6) is 5.75 Å². The highest BCUT2D eigenvalue weighted by atomic mass is 127. The SMILES string of the molecule is CCC(C)NC(=O)c1cc(I)c(I)c(I)c1O. The van der Waals surface area contributed by atoms with Gasteiger partial charge in [-0.15, -0.1) is 0 Å². The van der Waals surface area contributed by atoms with Gasteiger partial charge in [0.15, 0.2) is 0 Å². The van der Waals surface area contributed by atoms with Crippen LogP contribution in [0.4, 0.5) is 0 Å². The molecule has 0 fully saturated rings. The Morgan fingerprint density at radius 3 is 2.53 bits per heavy atom. The number of halogens is 3. The summed E-state index contributed by atoms with van der Waals surface area (Å²) in [5, 5.41) is 12.8. The molecule has 0 radical (unpaired) electrons. The predicted octanol–water partition coefficient (Wildman–Crippen LogP) is 3.73. The molecule has 0 spiro atoms. The Bertz CT molecular complexity index is 449. The zero-order chi connectivity index (χ0) is 13.2. The maximum atomic E-state index is 12.0. The first-order valence-corrected chi connectivity index (χ1v) is 8.29. The van der Waals surface area contributed by atoms with Crippen LogP contribution < -0.4 is 5.32 Å². The summed E-state index contributed by atoms with van der Waals surface area (Å²) in [4.78, 5) is 12.0. The number of amides is 1. The minimum Gasteiger partial charge on any atom is -0.506 e. The van der Waals surface area contributed by atoms with E-state index in [2.05, 4.69) is 73.1 Å². The van der Waals surface area contributed by atoms with Crippen LogP contribution in [0.3, 0.4) is 0 Å². The monoisotopic (exact) mass is 571 g/mol. The summed E-state index contributed by atoms with van der Waals surface area (Å²) in [5.41, 5.74) is 0.347. The Balaban J connectivity index is 3.11. The normalized spacial score (nSPS) is 12.3. The van der Waals surface area contributed by atoms with Crippen LogP contribution in [0.2, 0.25) is 0 Å². The summed E-state index contributed by atoms with van der Waals surface area (Å²) in [6, 6.07) is 1.83. The maximum Gasteiger partial charge on any atom is 0.255 e. The first kappa shape index (κ1) is 15.7. The van der Waals surface area contributed by atoms with E-state index in [1.165, 1.54) is 0 Å². The van der Waals surface area contributed by atoms with Crippen molar-refractivity contribution in [2.45, 2.75) is 26.3 Å². The molecule has 1 aromatic carbocycles. The van der Waals surface area contributed by atoms with Gasteiger partial charge in [0.05, 0.1) is 9.13 Å². The molecule has 94 valence electrons. The molecule has 3 nitrogen and oxygen atoms in total. The lowest BCUT2D eigenvalue weighted by atomic mass is 10.1. The summed E-state index contributed by atoms with van der Waals surface area (Å²) in [6.07, 6.45) is 0.866. The maximum absolute atomic E-state index is 12.0. The fourth-order valence-electron chi connectivity index (χ4n) is 1.16. The van der Waals surface area contributed by atoms with Crippen molar-refractivity contribution in [2.75, 3.05) is 0 Å². The Kier molecular flexibility index (Phi) is 6.23. The molecule has 1 unspecified atom stereocenters. The zero-order valence-electron chi connectivity index (χ0n) is 9.35. The first-order valence-electron chi connectivity index (χ1n) is 5.05. The lowest BCUT2D eigenvalue weighted by Crippen LogP contribution is -2.32. The Hall–Kier alpha value is 0.680. The zero-order valence-corrected chi connectivity index (χ0v) is 15.8. The Labute approximate surface area is 142 Å². The number of carbonyl (C=O) groups is 1. The number of rotatable bonds is 3. The van der Waals surface area contributed by atoms with Crippen molar-refractivity contribution in [2.24, 2.45) is 0 Å². The largest absolute Gasteiger partial charge is 0.506 e. The van der Waals surface area contributed by atoms with Crippen molar-refractivity contribution in [1.29, 1.82) is 0 Å². The van der Waals surface area contributed by atoms with Gasteiger partial charge in [0.25, 0.3) is 5.91 Å². The smallest absolute Gasteiger partial charge is 0.255 e. The van der Waals surface area contributed by atoms with Crippen LogP contribution >= 0.6 is 67.8 Å². The molecule has 0 saturated heterocycles. The second kappa shape index (κ2) is 6.73. The van der Waals surface area contributed by atoms with Crippen LogP contribution in [0.25, 0.3) is 0 Å². The number of phenols is 1. The van der Waals surface area contributed by atoms with E-state index in [4.69, 9.17) is 0 Å². The standard InChI is InChI=1S/C11H12I3NO2/c1-3-5(2)15-11(17)6-4-7(12)8(13)9(14)10(6)16/h4-5,16H,3H2,1-2H3,(H,15,17). The van der Waals surface area contributed by atoms with Gasteiger partial charge in [-0.1, -0.05) is 6.92 Å². The van der Waals surface area contributed by atoms with Crippen LogP contribution in [-0.4, -0.2) is 17.1 Å². The molecule has 0 aliphatic heterocycles. The van der Waals surface area contributed by atoms with Gasteiger partial charge in [0.2, 0.25) is 0 Å². The second-order valence-corrected chi connectivity index (χ2v) is 6.98. The summed E-state index contributed by atoms with van der Waals surface area (Å²) in [6.45, 7) is 3.95. The number of hydrogen-bond donors (Lipinski definition) is 2. The van der Waals surface area contributed by atoms with Gasteiger partial charge in [-0.05, 0) is 87.2 Å². The third-order valence-corrected chi connectivity index (χ3v) is 7.46. The number of hydrogen-bond acceptors (Lipinski definition) is 2. The molecule has 0 heterocycles. The van der Waals surface area contributed by atoms with E-state index in [0.29, 0.717) is 5.56 Å². The van der Waals surface area contributed by atoms with E-state index < -0.39 is 0 Å². The van der Waals surface area contributed by atoms with Crippen LogP contribution in [0.1, 0.15) is 30.6 Å². The van der Waals surface area contributed by atoms with Crippen molar-refractivity contribution >= 4 is 73.7 Å². The second-order valence-electron chi connectivity index (χ2n) is 3.67. The van der Waals surface area contributed by atoms with E-state index in [-0.39, 0.29) is 17.7 Å². The van der Waals surface area contributed by atoms with Gasteiger partial charge in [-0.2, -0.15) is 0 Å². The average molecular weight is 571 g/mol. The van der Waals surface area contributed by atoms with Gasteiger partial charge < -0.3 is 10.4 Å². The van der Waals surface area contributed by atoms with Crippen molar-refractivity contribution in [1.82, 2.24) is 5.32 Å². The molecule has 6 heteroatoms. The highest BCUT2D eigenvalue weighted by Gasteiger charge is 2.18. The van der Waals surface area contributed by atoms with E-state index in [0.717, 1.165) is 17.1 Å². The Morgan fingerprint density at radius 2 is 2.00 bits per heavy atom. The lowest BCUT2D eigenvalue weighted by molar-refractivity contribution is 0.0936. The molecule has 2 N–H and O–H groups in total. The number of benzene rings is 1. The quantitative estimate of drug-likeness (QED) is 0.430. The van der Waals surface area contributed by atoms with Gasteiger partial charge in [-0.25, -0.2) is 0 Å². The summed E-state index contributed by atoms with van der Waals surface area (Å²) in [7, 11) is 0. The molecule has 1 aromatic rings. The summed E-state index contributed by atoms with van der Waals surface area (Å²) in [5.74, 6) is -0.152. The minimum absolute atomic E-state index is 0.0659. The fourth-order valence-corrected chi connectivity index (χ4v) is 3.25. The van der Waals surface area contributed by atoms with Crippen molar-refractivity contribution < 1.29 is 9.90 Å². The fraction of sp³-hybridized carbons (Fsp3) is 0.364. The number of phenolic OH excluding ortho intramolecular Hbond substituents is 1. The summed E-state index contributed by atoms with van der Waals surface area (Å²) < 4.78 is 2.67. The van der Waals surface area contributed by atoms with Crippen molar-refractivity contribution in [3.63, 3.8) is 0 Å². The molecule has 0 saturated carbocycles. The molecule has 0 aromatic heterocycles. The van der Waals surface area contributed by atoms with Gasteiger partial charge in [-0.3, -0.25) is 4.79 Å². The lowest BCUT2D eigenvalue weighted by Gasteiger charge is -2.14. The summed E-state index contributed by atoms with van der Waals surface area (Å²) >= 11 is 6.38. The molecular weight excluding hydrogens is 559 g/mol. The number of aromatic hydroxyl groups is 1. The van der Waals surface area contributed by atoms with Gasteiger partial charge >= 0.3 is 0 Å². The van der Waals surface area contributed by atoms with E-state index in [1.54, 1.807) is 6.07 Å². The minimum atomic E-state index is -0.218. The average Bonchev–Trinajstić information content (AvgIpc) is 2.30. The highest BCUT2D eigenvalue weighted by molar-refractivity contribution is 14.1. The molecule has 0 bridgehead atoms. The molecule has 0 aliphatic rings. The number of nitrogens with one attached hydrogen (secondary N) is 1. The third kappa shape index (κ3) is 3.82. The van der Waals surface area contributed by atoms with Crippen LogP contribution in [-0.2, 0) is 0 Å². The van der Waals surface area contributed by atoms with Gasteiger partial charge in [0, 0.05) is 13.2 Å². The van der Waals surface area contributed by atoms with Crippen molar-refractivity contribution in [3.05, 3.63) is 22.3 Å². The Morgan fingerprint density at radius 1 is 1.41 bits per heavy atom. The first-order chi connectivity index (χ1) is 7.88. The van der Waals surface area contributed by atoms with Crippen molar-refractivity contribution in [3.8, 4) is 5.75 Å². The van der Waals surface area contributed by atoms with E-state index in [9.17, 15) is 9.90 Å². The molecule has 17 heavy (non-hydrogen) atoms. The molecule has 1 atom stereocenters. The molecular formula is C11H12I3NO2.